The molecule has 1 atom stereocenters. The normalized spacial score (nSPS) is 18.6. The van der Waals surface area contributed by atoms with Crippen LogP contribution in [0.4, 0.5) is 0 Å². The third kappa shape index (κ3) is 2.50. The van der Waals surface area contributed by atoms with Crippen LogP contribution in [0.25, 0.3) is 10.8 Å². The maximum absolute atomic E-state index is 12.6. The van der Waals surface area contributed by atoms with Crippen molar-refractivity contribution in [2.75, 3.05) is 19.0 Å². The number of amides is 1. The number of halogens is 1. The second kappa shape index (κ2) is 5.80. The molecule has 0 N–H and O–H groups in total. The first-order chi connectivity index (χ1) is 9.79. The van der Waals surface area contributed by atoms with E-state index in [0.29, 0.717) is 17.5 Å². The lowest BCUT2D eigenvalue weighted by atomic mass is 10.1. The third-order valence-corrected chi connectivity index (χ3v) is 4.18. The van der Waals surface area contributed by atoms with Crippen LogP contribution in [0, 0.1) is 5.92 Å². The van der Waals surface area contributed by atoms with E-state index in [-0.39, 0.29) is 5.91 Å². The molecule has 1 aromatic carbocycles. The minimum absolute atomic E-state index is 0.0406. The van der Waals surface area contributed by atoms with E-state index in [1.54, 1.807) is 6.20 Å². The maximum Gasteiger partial charge on any atom is 0.273 e. The second-order valence-electron chi connectivity index (χ2n) is 5.26. The lowest BCUT2D eigenvalue weighted by Gasteiger charge is -2.16. The lowest BCUT2D eigenvalue weighted by molar-refractivity contribution is 0.0783. The Balaban J connectivity index is 1.86. The summed E-state index contributed by atoms with van der Waals surface area (Å²) in [5.41, 5.74) is 0.564. The number of carbonyl (C=O) groups excluding carboxylic acids is 1. The van der Waals surface area contributed by atoms with Gasteiger partial charge < -0.3 is 4.90 Å². The summed E-state index contributed by atoms with van der Waals surface area (Å²) in [4.78, 5) is 18.9. The molecule has 1 fully saturated rings. The van der Waals surface area contributed by atoms with Gasteiger partial charge in [0.1, 0.15) is 5.69 Å². The van der Waals surface area contributed by atoms with E-state index < -0.39 is 0 Å². The van der Waals surface area contributed by atoms with Crippen molar-refractivity contribution in [1.82, 2.24) is 9.88 Å². The SMILES string of the molecule is O=C(c1nccc2ccccc12)N1CCC(CCCl)C1. The molecular formula is C16H17ClN2O. The Kier molecular flexibility index (Phi) is 3.88. The fourth-order valence-electron chi connectivity index (χ4n) is 2.85. The summed E-state index contributed by atoms with van der Waals surface area (Å²) in [5.74, 6) is 1.24. The molecule has 1 unspecified atom stereocenters. The molecule has 1 aromatic heterocycles. The van der Waals surface area contributed by atoms with Crippen molar-refractivity contribution < 1.29 is 4.79 Å². The lowest BCUT2D eigenvalue weighted by Crippen LogP contribution is -2.29. The number of benzene rings is 1. The first-order valence-corrected chi connectivity index (χ1v) is 7.52. The van der Waals surface area contributed by atoms with E-state index in [9.17, 15) is 4.79 Å². The number of pyridine rings is 1. The zero-order valence-corrected chi connectivity index (χ0v) is 12.0. The van der Waals surface area contributed by atoms with Crippen molar-refractivity contribution in [3.05, 3.63) is 42.2 Å². The van der Waals surface area contributed by atoms with E-state index in [1.165, 1.54) is 0 Å². The standard InChI is InChI=1S/C16H17ClN2O/c17-8-5-12-7-10-19(11-12)16(20)15-14-4-2-1-3-13(14)6-9-18-15/h1-4,6,9,12H,5,7-8,10-11H2. The third-order valence-electron chi connectivity index (χ3n) is 3.97. The van der Waals surface area contributed by atoms with Crippen molar-refractivity contribution in [3.8, 4) is 0 Å². The molecule has 1 aliphatic rings. The smallest absolute Gasteiger partial charge is 0.273 e. The average Bonchev–Trinajstić information content (AvgIpc) is 2.95. The fraction of sp³-hybridized carbons (Fsp3) is 0.375. The van der Waals surface area contributed by atoms with E-state index in [4.69, 9.17) is 11.6 Å². The summed E-state index contributed by atoms with van der Waals surface area (Å²) in [6, 6.07) is 9.83. The van der Waals surface area contributed by atoms with Crippen LogP contribution in [-0.2, 0) is 0 Å². The van der Waals surface area contributed by atoms with Crippen LogP contribution in [0.1, 0.15) is 23.3 Å². The van der Waals surface area contributed by atoms with E-state index in [2.05, 4.69) is 4.98 Å². The van der Waals surface area contributed by atoms with Crippen molar-refractivity contribution in [1.29, 1.82) is 0 Å². The Morgan fingerprint density at radius 3 is 3.05 bits per heavy atom. The van der Waals surface area contributed by atoms with Crippen LogP contribution >= 0.6 is 11.6 Å². The van der Waals surface area contributed by atoms with Crippen molar-refractivity contribution in [3.63, 3.8) is 0 Å². The molecule has 1 amide bonds. The van der Waals surface area contributed by atoms with Gasteiger partial charge in [-0.3, -0.25) is 9.78 Å². The van der Waals surface area contributed by atoms with Crippen molar-refractivity contribution >= 4 is 28.3 Å². The highest BCUT2D eigenvalue weighted by Crippen LogP contribution is 2.24. The van der Waals surface area contributed by atoms with Gasteiger partial charge in [0.25, 0.3) is 5.91 Å². The average molecular weight is 289 g/mol. The summed E-state index contributed by atoms with van der Waals surface area (Å²) < 4.78 is 0. The maximum atomic E-state index is 12.6. The van der Waals surface area contributed by atoms with Gasteiger partial charge in [-0.15, -0.1) is 11.6 Å². The van der Waals surface area contributed by atoms with E-state index in [1.807, 2.05) is 35.2 Å². The topological polar surface area (TPSA) is 33.2 Å². The van der Waals surface area contributed by atoms with E-state index in [0.717, 1.165) is 36.7 Å². The zero-order valence-electron chi connectivity index (χ0n) is 11.3. The highest BCUT2D eigenvalue weighted by atomic mass is 35.5. The fourth-order valence-corrected chi connectivity index (χ4v) is 3.16. The van der Waals surface area contributed by atoms with Crippen LogP contribution in [0.15, 0.2) is 36.5 Å². The van der Waals surface area contributed by atoms with Crippen LogP contribution < -0.4 is 0 Å². The highest BCUT2D eigenvalue weighted by Gasteiger charge is 2.27. The number of hydrogen-bond acceptors (Lipinski definition) is 2. The molecule has 2 aromatic rings. The van der Waals surface area contributed by atoms with Gasteiger partial charge in [-0.25, -0.2) is 0 Å². The molecule has 0 bridgehead atoms. The van der Waals surface area contributed by atoms with Gasteiger partial charge in [0.05, 0.1) is 0 Å². The Labute approximate surface area is 123 Å². The Bertz CT molecular complexity index is 623. The number of likely N-dealkylation sites (tertiary alicyclic amines) is 1. The minimum Gasteiger partial charge on any atom is -0.337 e. The molecule has 1 aliphatic heterocycles. The Hall–Kier alpha value is -1.61. The number of alkyl halides is 1. The number of fused-ring (bicyclic) bond motifs is 1. The number of aromatic nitrogens is 1. The number of rotatable bonds is 3. The molecule has 0 aliphatic carbocycles. The van der Waals surface area contributed by atoms with Crippen molar-refractivity contribution in [2.24, 2.45) is 5.92 Å². The molecule has 0 saturated carbocycles. The molecule has 0 spiro atoms. The van der Waals surface area contributed by atoms with Gasteiger partial charge >= 0.3 is 0 Å². The zero-order chi connectivity index (χ0) is 13.9. The molecule has 104 valence electrons. The monoisotopic (exact) mass is 288 g/mol. The van der Waals surface area contributed by atoms with Crippen LogP contribution in [0.3, 0.4) is 0 Å². The summed E-state index contributed by atoms with van der Waals surface area (Å²) in [7, 11) is 0. The van der Waals surface area contributed by atoms with Gasteiger partial charge in [0, 0.05) is 30.6 Å². The summed E-state index contributed by atoms with van der Waals surface area (Å²) in [6.45, 7) is 1.61. The number of nitrogens with zero attached hydrogens (tertiary/aromatic N) is 2. The van der Waals surface area contributed by atoms with Crippen LogP contribution in [0.5, 0.6) is 0 Å². The summed E-state index contributed by atoms with van der Waals surface area (Å²) in [6.07, 6.45) is 3.74. The van der Waals surface area contributed by atoms with E-state index >= 15 is 0 Å². The summed E-state index contributed by atoms with van der Waals surface area (Å²) in [5, 5.41) is 1.99. The predicted molar refractivity (Wildman–Crippen MR) is 81.1 cm³/mol. The highest BCUT2D eigenvalue weighted by molar-refractivity contribution is 6.17. The molecule has 0 radical (unpaired) electrons. The molecule has 20 heavy (non-hydrogen) atoms. The molecule has 3 nitrogen and oxygen atoms in total. The number of carbonyl (C=O) groups is 1. The van der Waals surface area contributed by atoms with Gasteiger partial charge in [0.2, 0.25) is 0 Å². The quantitative estimate of drug-likeness (QED) is 0.812. The molecule has 2 heterocycles. The van der Waals surface area contributed by atoms with Crippen LogP contribution in [-0.4, -0.2) is 34.8 Å². The van der Waals surface area contributed by atoms with Crippen molar-refractivity contribution in [2.45, 2.75) is 12.8 Å². The van der Waals surface area contributed by atoms with Gasteiger partial charge in [-0.05, 0) is 30.2 Å². The molecular weight excluding hydrogens is 272 g/mol. The minimum atomic E-state index is 0.0406. The first-order valence-electron chi connectivity index (χ1n) is 6.98. The van der Waals surface area contributed by atoms with Crippen LogP contribution in [0.2, 0.25) is 0 Å². The summed E-state index contributed by atoms with van der Waals surface area (Å²) >= 11 is 5.79. The van der Waals surface area contributed by atoms with Gasteiger partial charge in [-0.1, -0.05) is 24.3 Å². The van der Waals surface area contributed by atoms with Gasteiger partial charge in [-0.2, -0.15) is 0 Å². The number of hydrogen-bond donors (Lipinski definition) is 0. The molecule has 1 saturated heterocycles. The Morgan fingerprint density at radius 2 is 2.20 bits per heavy atom. The first kappa shape index (κ1) is 13.4. The largest absolute Gasteiger partial charge is 0.337 e. The second-order valence-corrected chi connectivity index (χ2v) is 5.64. The molecule has 4 heteroatoms. The Morgan fingerprint density at radius 1 is 1.35 bits per heavy atom. The molecule has 3 rings (SSSR count). The predicted octanol–water partition coefficient (Wildman–Crippen LogP) is 3.33. The van der Waals surface area contributed by atoms with Gasteiger partial charge in [0.15, 0.2) is 0 Å².